The lowest BCUT2D eigenvalue weighted by Crippen LogP contribution is -2.47. The number of hydrogen-bond acceptors (Lipinski definition) is 5. The number of H-pyrrole nitrogens is 1. The number of carbonyl (C=O) groups is 3. The normalized spacial score (nSPS) is 22.7. The van der Waals surface area contributed by atoms with Crippen molar-refractivity contribution < 1.29 is 14.4 Å². The van der Waals surface area contributed by atoms with Crippen LogP contribution in [-0.2, 0) is 4.79 Å². The monoisotopic (exact) mass is 503 g/mol. The van der Waals surface area contributed by atoms with Crippen LogP contribution in [0.3, 0.4) is 0 Å². The van der Waals surface area contributed by atoms with E-state index < -0.39 is 5.91 Å². The van der Waals surface area contributed by atoms with Crippen LogP contribution in [0.5, 0.6) is 0 Å². The number of primary amides is 1. The molecule has 1 spiro atoms. The first-order chi connectivity index (χ1) is 17.9. The number of fused-ring (bicyclic) bond motifs is 3. The maximum absolute atomic E-state index is 12.7. The third-order valence-corrected chi connectivity index (χ3v) is 8.61. The van der Waals surface area contributed by atoms with Gasteiger partial charge in [-0.05, 0) is 49.7 Å². The van der Waals surface area contributed by atoms with Crippen LogP contribution in [0.15, 0.2) is 24.4 Å². The van der Waals surface area contributed by atoms with E-state index in [1.807, 2.05) is 4.90 Å². The van der Waals surface area contributed by atoms with Crippen molar-refractivity contribution >= 4 is 45.5 Å². The van der Waals surface area contributed by atoms with E-state index in [1.54, 1.807) is 13.2 Å². The van der Waals surface area contributed by atoms with Crippen molar-refractivity contribution in [3.05, 3.63) is 35.5 Å². The van der Waals surface area contributed by atoms with E-state index in [-0.39, 0.29) is 17.4 Å². The van der Waals surface area contributed by atoms with Crippen molar-refractivity contribution in [2.24, 2.45) is 11.1 Å². The fraction of sp³-hybridized carbons (Fsp3) is 0.481. The summed E-state index contributed by atoms with van der Waals surface area (Å²) in [6.07, 6.45) is 5.98. The van der Waals surface area contributed by atoms with Crippen molar-refractivity contribution in [3.63, 3.8) is 0 Å². The Balaban J connectivity index is 1.39. The van der Waals surface area contributed by atoms with E-state index in [2.05, 4.69) is 38.7 Å². The van der Waals surface area contributed by atoms with Crippen molar-refractivity contribution in [1.29, 1.82) is 0 Å². The zero-order chi connectivity index (χ0) is 25.7. The summed E-state index contributed by atoms with van der Waals surface area (Å²) >= 11 is 0. The van der Waals surface area contributed by atoms with Crippen LogP contribution in [0, 0.1) is 5.41 Å². The molecule has 3 aliphatic rings. The fourth-order valence-corrected chi connectivity index (χ4v) is 6.58. The summed E-state index contributed by atoms with van der Waals surface area (Å²) < 4.78 is 0. The molecular formula is C27H33N7O3. The molecule has 3 saturated heterocycles. The summed E-state index contributed by atoms with van der Waals surface area (Å²) in [7, 11) is 1.66. The standard InChI is InChI=1S/C27H33N7O3/c1-29-26(37)33-11-5-16(6-12-33)17-3-4-18-20(13-17)32-22-19(23(28)35)14-31-24(21(18)22)34-10-2-7-27(15-34)8-9-30-25(27)36/h3-4,13-14,16,32H,2,5-12,15H2,1H3,(H2,28,35)(H,29,37)(H,30,36). The van der Waals surface area contributed by atoms with Gasteiger partial charge in [0.25, 0.3) is 5.91 Å². The molecule has 4 amide bonds. The molecule has 0 saturated carbocycles. The van der Waals surface area contributed by atoms with Gasteiger partial charge in [-0.2, -0.15) is 0 Å². The molecule has 1 aromatic carbocycles. The Morgan fingerprint density at radius 1 is 1.19 bits per heavy atom. The van der Waals surface area contributed by atoms with E-state index in [4.69, 9.17) is 10.7 Å². The molecule has 5 heterocycles. The van der Waals surface area contributed by atoms with Gasteiger partial charge < -0.3 is 31.2 Å². The van der Waals surface area contributed by atoms with Crippen LogP contribution in [-0.4, -0.2) is 72.5 Å². The number of amides is 4. The van der Waals surface area contributed by atoms with E-state index in [0.29, 0.717) is 30.1 Å². The van der Waals surface area contributed by atoms with Crippen LogP contribution >= 0.6 is 0 Å². The van der Waals surface area contributed by atoms with Crippen LogP contribution in [0.1, 0.15) is 53.9 Å². The van der Waals surface area contributed by atoms with Crippen LogP contribution in [0.2, 0.25) is 0 Å². The Bertz CT molecular complexity index is 1410. The van der Waals surface area contributed by atoms with E-state index >= 15 is 0 Å². The van der Waals surface area contributed by atoms with Crippen molar-refractivity contribution in [2.45, 2.75) is 38.0 Å². The second-order valence-electron chi connectivity index (χ2n) is 10.7. The van der Waals surface area contributed by atoms with Crippen LogP contribution < -0.4 is 21.3 Å². The number of pyridine rings is 1. The van der Waals surface area contributed by atoms with E-state index in [0.717, 1.165) is 73.8 Å². The smallest absolute Gasteiger partial charge is 0.317 e. The molecule has 1 unspecified atom stereocenters. The Kier molecular flexibility index (Phi) is 5.69. The van der Waals surface area contributed by atoms with Gasteiger partial charge in [-0.1, -0.05) is 12.1 Å². The highest BCUT2D eigenvalue weighted by Crippen LogP contribution is 2.42. The molecule has 0 aliphatic carbocycles. The highest BCUT2D eigenvalue weighted by Gasteiger charge is 2.45. The Labute approximate surface area is 214 Å². The number of rotatable bonds is 3. The molecule has 37 heavy (non-hydrogen) atoms. The average Bonchev–Trinajstić information content (AvgIpc) is 3.47. The van der Waals surface area contributed by atoms with Gasteiger partial charge in [0.05, 0.1) is 21.9 Å². The summed E-state index contributed by atoms with van der Waals surface area (Å²) in [6, 6.07) is 6.38. The molecule has 3 aromatic rings. The molecule has 3 aliphatic heterocycles. The molecule has 3 fully saturated rings. The molecule has 2 aromatic heterocycles. The third-order valence-electron chi connectivity index (χ3n) is 8.61. The first kappa shape index (κ1) is 23.6. The first-order valence-electron chi connectivity index (χ1n) is 13.1. The molecule has 0 radical (unpaired) electrons. The molecule has 5 N–H and O–H groups in total. The zero-order valence-corrected chi connectivity index (χ0v) is 21.1. The fourth-order valence-electron chi connectivity index (χ4n) is 6.58. The van der Waals surface area contributed by atoms with Gasteiger partial charge >= 0.3 is 6.03 Å². The molecule has 6 rings (SSSR count). The van der Waals surface area contributed by atoms with Gasteiger partial charge in [0.2, 0.25) is 5.91 Å². The number of likely N-dealkylation sites (tertiary alicyclic amines) is 1. The van der Waals surface area contributed by atoms with Gasteiger partial charge in [0.15, 0.2) is 0 Å². The van der Waals surface area contributed by atoms with Gasteiger partial charge in [0, 0.05) is 56.9 Å². The quantitative estimate of drug-likeness (QED) is 0.435. The number of piperidine rings is 2. The minimum absolute atomic E-state index is 0.0295. The first-order valence-corrected chi connectivity index (χ1v) is 13.1. The summed E-state index contributed by atoms with van der Waals surface area (Å²) in [5.41, 5.74) is 8.56. The number of anilines is 1. The number of aromatic amines is 1. The van der Waals surface area contributed by atoms with Crippen LogP contribution in [0.4, 0.5) is 10.6 Å². The number of nitrogens with zero attached hydrogens (tertiary/aromatic N) is 3. The second-order valence-corrected chi connectivity index (χ2v) is 10.7. The Morgan fingerprint density at radius 3 is 2.70 bits per heavy atom. The molecule has 10 heteroatoms. The number of nitrogens with one attached hydrogen (secondary N) is 3. The minimum atomic E-state index is -0.525. The van der Waals surface area contributed by atoms with Gasteiger partial charge in [-0.25, -0.2) is 9.78 Å². The van der Waals surface area contributed by atoms with Crippen molar-refractivity contribution in [3.8, 4) is 0 Å². The molecule has 194 valence electrons. The number of hydrogen-bond donors (Lipinski definition) is 4. The minimum Gasteiger partial charge on any atom is -0.365 e. The predicted molar refractivity (Wildman–Crippen MR) is 142 cm³/mol. The maximum atomic E-state index is 12.7. The van der Waals surface area contributed by atoms with Gasteiger partial charge in [-0.15, -0.1) is 0 Å². The Hall–Kier alpha value is -3.82. The number of aromatic nitrogens is 2. The number of urea groups is 1. The average molecular weight is 504 g/mol. The highest BCUT2D eigenvalue weighted by atomic mass is 16.2. The van der Waals surface area contributed by atoms with Gasteiger partial charge in [0.1, 0.15) is 5.82 Å². The number of nitrogens with two attached hydrogens (primary N) is 1. The topological polar surface area (TPSA) is 136 Å². The molecule has 0 bridgehead atoms. The van der Waals surface area contributed by atoms with Crippen molar-refractivity contribution in [2.75, 3.05) is 44.7 Å². The summed E-state index contributed by atoms with van der Waals surface area (Å²) in [4.78, 5) is 49.3. The summed E-state index contributed by atoms with van der Waals surface area (Å²) in [5.74, 6) is 0.750. The lowest BCUT2D eigenvalue weighted by molar-refractivity contribution is -0.128. The largest absolute Gasteiger partial charge is 0.365 e. The number of carbonyl (C=O) groups excluding carboxylic acids is 3. The Morgan fingerprint density at radius 2 is 2.00 bits per heavy atom. The summed E-state index contributed by atoms with van der Waals surface area (Å²) in [6.45, 7) is 3.58. The maximum Gasteiger partial charge on any atom is 0.317 e. The predicted octanol–water partition coefficient (Wildman–Crippen LogP) is 2.44. The summed E-state index contributed by atoms with van der Waals surface area (Å²) in [5, 5.41) is 7.58. The van der Waals surface area contributed by atoms with Gasteiger partial charge in [-0.3, -0.25) is 9.59 Å². The highest BCUT2D eigenvalue weighted by molar-refractivity contribution is 6.18. The van der Waals surface area contributed by atoms with Crippen molar-refractivity contribution in [1.82, 2.24) is 25.5 Å². The molecule has 1 atom stereocenters. The van der Waals surface area contributed by atoms with E-state index in [9.17, 15) is 14.4 Å². The lowest BCUT2D eigenvalue weighted by atomic mass is 9.78. The molecular weight excluding hydrogens is 470 g/mol. The second kappa shape index (κ2) is 8.93. The lowest BCUT2D eigenvalue weighted by Gasteiger charge is -2.39. The third kappa shape index (κ3) is 3.86. The van der Waals surface area contributed by atoms with E-state index in [1.165, 1.54) is 5.56 Å². The van der Waals surface area contributed by atoms with Crippen LogP contribution in [0.25, 0.3) is 21.8 Å². The molecule has 10 nitrogen and oxygen atoms in total. The number of benzene rings is 1. The zero-order valence-electron chi connectivity index (χ0n) is 21.1. The SMILES string of the molecule is CNC(=O)N1CCC(c2ccc3c(c2)[nH]c2c(C(N)=O)cnc(N4CCCC5(CCNC5=O)C4)c23)CC1.